The van der Waals surface area contributed by atoms with Crippen molar-refractivity contribution in [3.8, 4) is 0 Å². The molecule has 1 fully saturated rings. The number of carbonyl (C=O) groups excluding carboxylic acids is 3. The first-order valence-electron chi connectivity index (χ1n) is 4.77. The van der Waals surface area contributed by atoms with Crippen LogP contribution in [-0.4, -0.2) is 36.6 Å². The fraction of sp³-hybridized carbons (Fsp3) is 0.500. The molecule has 1 saturated heterocycles. The Balaban J connectivity index is 2.42. The monoisotopic (exact) mass is 227 g/mol. The van der Waals surface area contributed by atoms with Crippen molar-refractivity contribution >= 4 is 17.8 Å². The normalized spacial score (nSPS) is 23.4. The lowest BCUT2D eigenvalue weighted by Crippen LogP contribution is -2.40. The van der Waals surface area contributed by atoms with Gasteiger partial charge in [-0.25, -0.2) is 4.79 Å². The van der Waals surface area contributed by atoms with Crippen molar-refractivity contribution in [2.75, 3.05) is 13.2 Å². The molecule has 0 aromatic carbocycles. The molecule has 16 heavy (non-hydrogen) atoms. The zero-order chi connectivity index (χ0) is 12.2. The minimum absolute atomic E-state index is 0.238. The van der Waals surface area contributed by atoms with Gasteiger partial charge < -0.3 is 14.8 Å². The number of hydrogen-bond acceptors (Lipinski definition) is 5. The van der Waals surface area contributed by atoms with Crippen LogP contribution in [0.3, 0.4) is 0 Å². The van der Waals surface area contributed by atoms with E-state index >= 15 is 0 Å². The van der Waals surface area contributed by atoms with E-state index in [2.05, 4.69) is 11.9 Å². The second kappa shape index (κ2) is 4.78. The Bertz CT molecular complexity index is 338. The highest BCUT2D eigenvalue weighted by molar-refractivity contribution is 5.90. The first kappa shape index (κ1) is 12.2. The van der Waals surface area contributed by atoms with Gasteiger partial charge in [-0.3, -0.25) is 9.59 Å². The lowest BCUT2D eigenvalue weighted by atomic mass is 10.1. The molecule has 0 radical (unpaired) electrons. The van der Waals surface area contributed by atoms with Gasteiger partial charge in [-0.2, -0.15) is 0 Å². The fourth-order valence-corrected chi connectivity index (χ4v) is 1.20. The number of ether oxygens (including phenoxy) is 2. The molecule has 1 aliphatic heterocycles. The molecule has 88 valence electrons. The van der Waals surface area contributed by atoms with Gasteiger partial charge in [-0.05, 0) is 13.0 Å². The van der Waals surface area contributed by atoms with E-state index in [0.29, 0.717) is 6.42 Å². The number of rotatable bonds is 4. The minimum Gasteiger partial charge on any atom is -0.463 e. The molecule has 0 saturated carbocycles. The summed E-state index contributed by atoms with van der Waals surface area (Å²) in [6.07, 6.45) is 1.37. The average Bonchev–Trinajstić information content (AvgIpc) is 2.55. The van der Waals surface area contributed by atoms with Crippen LogP contribution in [0.2, 0.25) is 0 Å². The Hall–Kier alpha value is -1.85. The second-order valence-corrected chi connectivity index (χ2v) is 3.51. The second-order valence-electron chi connectivity index (χ2n) is 3.51. The SMILES string of the molecule is C=CC(=O)NCC(=O)OC1(C)CCOC1=O. The molecular formula is C10H13NO5. The van der Waals surface area contributed by atoms with E-state index in [4.69, 9.17) is 9.47 Å². The lowest BCUT2D eigenvalue weighted by Gasteiger charge is -2.19. The van der Waals surface area contributed by atoms with Crippen LogP contribution in [0.1, 0.15) is 13.3 Å². The van der Waals surface area contributed by atoms with E-state index < -0.39 is 23.4 Å². The van der Waals surface area contributed by atoms with Crippen molar-refractivity contribution in [2.45, 2.75) is 18.9 Å². The first-order valence-corrected chi connectivity index (χ1v) is 4.77. The van der Waals surface area contributed by atoms with Crippen molar-refractivity contribution in [1.82, 2.24) is 5.32 Å². The number of hydrogen-bond donors (Lipinski definition) is 1. The number of nitrogens with one attached hydrogen (secondary N) is 1. The van der Waals surface area contributed by atoms with Crippen LogP contribution in [0.4, 0.5) is 0 Å². The molecule has 1 aliphatic rings. The molecule has 1 atom stereocenters. The molecule has 0 bridgehead atoms. The fourth-order valence-electron chi connectivity index (χ4n) is 1.20. The maximum Gasteiger partial charge on any atom is 0.350 e. The summed E-state index contributed by atoms with van der Waals surface area (Å²) >= 11 is 0. The standard InChI is InChI=1S/C10H13NO5/c1-3-7(12)11-6-8(13)16-10(2)4-5-15-9(10)14/h3H,1,4-6H2,2H3,(H,11,12). The van der Waals surface area contributed by atoms with E-state index in [1.54, 1.807) is 0 Å². The molecule has 6 heteroatoms. The Kier molecular flexibility index (Phi) is 3.65. The molecule has 0 aromatic rings. The molecule has 1 N–H and O–H groups in total. The number of carbonyl (C=O) groups is 3. The summed E-state index contributed by atoms with van der Waals surface area (Å²) in [6, 6.07) is 0. The van der Waals surface area contributed by atoms with Crippen molar-refractivity contribution in [3.63, 3.8) is 0 Å². The average molecular weight is 227 g/mol. The molecular weight excluding hydrogens is 214 g/mol. The van der Waals surface area contributed by atoms with E-state index in [9.17, 15) is 14.4 Å². The van der Waals surface area contributed by atoms with Crippen LogP contribution in [0.25, 0.3) is 0 Å². The summed E-state index contributed by atoms with van der Waals surface area (Å²) in [6.45, 7) is 4.65. The molecule has 1 rings (SSSR count). The third-order valence-electron chi connectivity index (χ3n) is 2.18. The van der Waals surface area contributed by atoms with Gasteiger partial charge in [0, 0.05) is 6.42 Å². The highest BCUT2D eigenvalue weighted by Crippen LogP contribution is 2.23. The highest BCUT2D eigenvalue weighted by atomic mass is 16.6. The smallest absolute Gasteiger partial charge is 0.350 e. The number of cyclic esters (lactones) is 1. The summed E-state index contributed by atoms with van der Waals surface area (Å²) in [7, 11) is 0. The predicted octanol–water partition coefficient (Wildman–Crippen LogP) is -0.463. The maximum absolute atomic E-state index is 11.3. The van der Waals surface area contributed by atoms with Gasteiger partial charge in [-0.1, -0.05) is 6.58 Å². The third kappa shape index (κ3) is 2.82. The summed E-state index contributed by atoms with van der Waals surface area (Å²) < 4.78 is 9.64. The van der Waals surface area contributed by atoms with Gasteiger partial charge >= 0.3 is 11.9 Å². The Morgan fingerprint density at radius 1 is 1.69 bits per heavy atom. The molecule has 1 amide bonds. The summed E-state index contributed by atoms with van der Waals surface area (Å²) in [5, 5.41) is 2.25. The number of amides is 1. The Morgan fingerprint density at radius 2 is 2.38 bits per heavy atom. The van der Waals surface area contributed by atoms with Crippen LogP contribution in [-0.2, 0) is 23.9 Å². The van der Waals surface area contributed by atoms with E-state index in [1.807, 2.05) is 0 Å². The van der Waals surface area contributed by atoms with Gasteiger partial charge in [-0.15, -0.1) is 0 Å². The minimum atomic E-state index is -1.23. The van der Waals surface area contributed by atoms with Gasteiger partial charge in [0.15, 0.2) is 0 Å². The molecule has 1 heterocycles. The molecule has 6 nitrogen and oxygen atoms in total. The molecule has 1 unspecified atom stereocenters. The number of esters is 2. The summed E-state index contributed by atoms with van der Waals surface area (Å²) in [5.74, 6) is -1.72. The van der Waals surface area contributed by atoms with E-state index in [0.717, 1.165) is 6.08 Å². The zero-order valence-corrected chi connectivity index (χ0v) is 8.95. The van der Waals surface area contributed by atoms with Gasteiger partial charge in [0.2, 0.25) is 11.5 Å². The van der Waals surface area contributed by atoms with Crippen LogP contribution < -0.4 is 5.32 Å². The van der Waals surface area contributed by atoms with Crippen molar-refractivity contribution in [3.05, 3.63) is 12.7 Å². The van der Waals surface area contributed by atoms with Crippen molar-refractivity contribution in [2.24, 2.45) is 0 Å². The van der Waals surface area contributed by atoms with Gasteiger partial charge in [0.1, 0.15) is 6.54 Å². The molecule has 0 aliphatic carbocycles. The topological polar surface area (TPSA) is 81.7 Å². The molecule has 0 spiro atoms. The predicted molar refractivity (Wildman–Crippen MR) is 53.3 cm³/mol. The third-order valence-corrected chi connectivity index (χ3v) is 2.18. The van der Waals surface area contributed by atoms with Crippen LogP contribution in [0, 0.1) is 0 Å². The molecule has 0 aromatic heterocycles. The quantitative estimate of drug-likeness (QED) is 0.519. The lowest BCUT2D eigenvalue weighted by molar-refractivity contribution is -0.170. The van der Waals surface area contributed by atoms with Crippen LogP contribution >= 0.6 is 0 Å². The Labute approximate surface area is 92.6 Å². The highest BCUT2D eigenvalue weighted by Gasteiger charge is 2.43. The largest absolute Gasteiger partial charge is 0.463 e. The summed E-state index contributed by atoms with van der Waals surface area (Å²) in [4.78, 5) is 33.3. The van der Waals surface area contributed by atoms with E-state index in [1.165, 1.54) is 6.92 Å². The van der Waals surface area contributed by atoms with Crippen molar-refractivity contribution < 1.29 is 23.9 Å². The van der Waals surface area contributed by atoms with Gasteiger partial charge in [0.25, 0.3) is 0 Å². The maximum atomic E-state index is 11.3. The van der Waals surface area contributed by atoms with Crippen LogP contribution in [0.5, 0.6) is 0 Å². The Morgan fingerprint density at radius 3 is 2.88 bits per heavy atom. The van der Waals surface area contributed by atoms with Crippen molar-refractivity contribution in [1.29, 1.82) is 0 Å². The first-order chi connectivity index (χ1) is 7.48. The summed E-state index contributed by atoms with van der Waals surface area (Å²) in [5.41, 5.74) is -1.23. The van der Waals surface area contributed by atoms with Crippen LogP contribution in [0.15, 0.2) is 12.7 Å². The van der Waals surface area contributed by atoms with E-state index in [-0.39, 0.29) is 13.2 Å². The zero-order valence-electron chi connectivity index (χ0n) is 8.95. The van der Waals surface area contributed by atoms with Gasteiger partial charge in [0.05, 0.1) is 6.61 Å².